The maximum Gasteiger partial charge on any atom is 0.229 e. The third-order valence-electron chi connectivity index (χ3n) is 6.11. The van der Waals surface area contributed by atoms with Gasteiger partial charge in [0.05, 0.1) is 5.92 Å². The van der Waals surface area contributed by atoms with E-state index in [1.165, 1.54) is 18.1 Å². The zero-order chi connectivity index (χ0) is 21.3. The first-order chi connectivity index (χ1) is 14.4. The number of rotatable bonds is 5. The molecular weight excluding hydrogens is 378 g/mol. The summed E-state index contributed by atoms with van der Waals surface area (Å²) in [6.07, 6.45) is 3.53. The second-order valence-electron chi connectivity index (χ2n) is 8.23. The molecule has 6 nitrogen and oxygen atoms in total. The summed E-state index contributed by atoms with van der Waals surface area (Å²) >= 11 is 0. The van der Waals surface area contributed by atoms with Crippen molar-refractivity contribution in [2.75, 3.05) is 23.8 Å². The fourth-order valence-corrected chi connectivity index (χ4v) is 4.24. The number of nitrogens with zero attached hydrogens (tertiary/aromatic N) is 2. The van der Waals surface area contributed by atoms with Crippen molar-refractivity contribution in [3.05, 3.63) is 59.2 Å². The van der Waals surface area contributed by atoms with Crippen LogP contribution in [0.1, 0.15) is 36.5 Å². The molecule has 2 aromatic rings. The Morgan fingerprint density at radius 3 is 2.70 bits per heavy atom. The molecule has 0 bridgehead atoms. The van der Waals surface area contributed by atoms with Gasteiger partial charge in [-0.2, -0.15) is 0 Å². The van der Waals surface area contributed by atoms with Crippen molar-refractivity contribution >= 4 is 29.1 Å². The third kappa shape index (κ3) is 4.08. The quantitative estimate of drug-likeness (QED) is 0.831. The van der Waals surface area contributed by atoms with E-state index in [0.717, 1.165) is 30.5 Å². The maximum absolute atomic E-state index is 12.9. The molecule has 2 aromatic carbocycles. The van der Waals surface area contributed by atoms with Crippen molar-refractivity contribution in [3.8, 4) is 0 Å². The van der Waals surface area contributed by atoms with Crippen LogP contribution in [0, 0.1) is 5.92 Å². The van der Waals surface area contributed by atoms with Gasteiger partial charge in [-0.25, -0.2) is 0 Å². The highest BCUT2D eigenvalue weighted by molar-refractivity contribution is 6.03. The van der Waals surface area contributed by atoms with Crippen molar-refractivity contribution in [1.82, 2.24) is 4.90 Å². The molecule has 0 saturated carbocycles. The molecule has 156 valence electrons. The van der Waals surface area contributed by atoms with Gasteiger partial charge in [0.15, 0.2) is 0 Å². The summed E-state index contributed by atoms with van der Waals surface area (Å²) < 4.78 is 0. The van der Waals surface area contributed by atoms with Crippen LogP contribution in [0.4, 0.5) is 11.4 Å². The van der Waals surface area contributed by atoms with Crippen LogP contribution in [-0.4, -0.2) is 36.2 Å². The fourth-order valence-electron chi connectivity index (χ4n) is 4.24. The Bertz CT molecular complexity index is 1000. The lowest BCUT2D eigenvalue weighted by Gasteiger charge is -2.19. The van der Waals surface area contributed by atoms with Crippen LogP contribution in [-0.2, 0) is 33.8 Å². The van der Waals surface area contributed by atoms with Gasteiger partial charge in [0.1, 0.15) is 0 Å². The summed E-state index contributed by atoms with van der Waals surface area (Å²) in [6, 6.07) is 13.7. The Hall–Kier alpha value is -3.15. The van der Waals surface area contributed by atoms with Gasteiger partial charge in [0, 0.05) is 44.9 Å². The fraction of sp³-hybridized carbons (Fsp3) is 0.375. The van der Waals surface area contributed by atoms with E-state index in [1.54, 1.807) is 16.8 Å². The second-order valence-corrected chi connectivity index (χ2v) is 8.23. The van der Waals surface area contributed by atoms with Gasteiger partial charge in [0.25, 0.3) is 0 Å². The highest BCUT2D eigenvalue weighted by Crippen LogP contribution is 2.31. The van der Waals surface area contributed by atoms with E-state index >= 15 is 0 Å². The first kappa shape index (κ1) is 20.1. The molecule has 1 atom stereocenters. The predicted octanol–water partition coefficient (Wildman–Crippen LogP) is 3.15. The molecule has 4 rings (SSSR count). The molecule has 3 amide bonds. The minimum atomic E-state index is -0.399. The average Bonchev–Trinajstić information content (AvgIpc) is 3.35. The van der Waals surface area contributed by atoms with Gasteiger partial charge in [-0.15, -0.1) is 0 Å². The molecule has 1 saturated heterocycles. The molecule has 2 aliphatic rings. The number of amides is 3. The Kier molecular flexibility index (Phi) is 5.57. The number of hydrogen-bond donors (Lipinski definition) is 1. The molecule has 0 radical (unpaired) electrons. The Labute approximate surface area is 176 Å². The summed E-state index contributed by atoms with van der Waals surface area (Å²) in [7, 11) is 1.73. The van der Waals surface area contributed by atoms with E-state index in [-0.39, 0.29) is 24.1 Å². The maximum atomic E-state index is 12.9. The number of benzene rings is 2. The first-order valence-corrected chi connectivity index (χ1v) is 10.4. The smallest absolute Gasteiger partial charge is 0.229 e. The second kappa shape index (κ2) is 8.30. The van der Waals surface area contributed by atoms with E-state index in [1.807, 2.05) is 30.3 Å². The van der Waals surface area contributed by atoms with Crippen LogP contribution < -0.4 is 10.2 Å². The number of anilines is 2. The SMILES string of the molecule is CC(=O)N(C)Cc1ccccc1NC(=O)C1CC(=O)N(c2ccc3c(c2)CCC3)C1. The number of para-hydroxylation sites is 1. The molecule has 1 aliphatic carbocycles. The van der Waals surface area contributed by atoms with Crippen LogP contribution in [0.2, 0.25) is 0 Å². The molecule has 1 heterocycles. The Balaban J connectivity index is 1.45. The molecule has 1 N–H and O–H groups in total. The number of aryl methyl sites for hydroxylation is 2. The van der Waals surface area contributed by atoms with Gasteiger partial charge >= 0.3 is 0 Å². The van der Waals surface area contributed by atoms with Crippen LogP contribution >= 0.6 is 0 Å². The lowest BCUT2D eigenvalue weighted by Crippen LogP contribution is -2.29. The van der Waals surface area contributed by atoms with E-state index in [2.05, 4.69) is 17.4 Å². The zero-order valence-electron chi connectivity index (χ0n) is 17.5. The number of nitrogens with one attached hydrogen (secondary N) is 1. The van der Waals surface area contributed by atoms with Crippen LogP contribution in [0.25, 0.3) is 0 Å². The number of carbonyl (C=O) groups is 3. The van der Waals surface area contributed by atoms with Crippen LogP contribution in [0.5, 0.6) is 0 Å². The van der Waals surface area contributed by atoms with Crippen molar-refractivity contribution in [3.63, 3.8) is 0 Å². The molecule has 0 spiro atoms. The molecule has 1 fully saturated rings. The van der Waals surface area contributed by atoms with Crippen LogP contribution in [0.3, 0.4) is 0 Å². The first-order valence-electron chi connectivity index (χ1n) is 10.4. The Morgan fingerprint density at radius 2 is 1.90 bits per heavy atom. The van der Waals surface area contributed by atoms with Crippen molar-refractivity contribution in [1.29, 1.82) is 0 Å². The highest BCUT2D eigenvalue weighted by atomic mass is 16.2. The summed E-state index contributed by atoms with van der Waals surface area (Å²) in [5, 5.41) is 2.98. The molecular formula is C24H27N3O3. The molecule has 6 heteroatoms. The van der Waals surface area contributed by atoms with E-state index < -0.39 is 5.92 Å². The number of fused-ring (bicyclic) bond motifs is 1. The van der Waals surface area contributed by atoms with Gasteiger partial charge in [-0.1, -0.05) is 24.3 Å². The van der Waals surface area contributed by atoms with Gasteiger partial charge in [-0.3, -0.25) is 14.4 Å². The minimum absolute atomic E-state index is 0.0160. The normalized spacial score (nSPS) is 17.7. The summed E-state index contributed by atoms with van der Waals surface area (Å²) in [6.45, 7) is 2.31. The summed E-state index contributed by atoms with van der Waals surface area (Å²) in [4.78, 5) is 40.5. The molecule has 30 heavy (non-hydrogen) atoms. The largest absolute Gasteiger partial charge is 0.342 e. The monoisotopic (exact) mass is 405 g/mol. The summed E-state index contributed by atoms with van der Waals surface area (Å²) in [5.41, 5.74) is 5.12. The highest BCUT2D eigenvalue weighted by Gasteiger charge is 2.35. The molecule has 1 unspecified atom stereocenters. The Morgan fingerprint density at radius 1 is 1.13 bits per heavy atom. The van der Waals surface area contributed by atoms with Crippen LogP contribution in [0.15, 0.2) is 42.5 Å². The molecule has 0 aromatic heterocycles. The van der Waals surface area contributed by atoms with Gasteiger partial charge in [0.2, 0.25) is 17.7 Å². The zero-order valence-corrected chi connectivity index (χ0v) is 17.5. The van der Waals surface area contributed by atoms with Crippen molar-refractivity contribution in [2.45, 2.75) is 39.2 Å². The molecule has 1 aliphatic heterocycles. The topological polar surface area (TPSA) is 69.7 Å². The lowest BCUT2D eigenvalue weighted by atomic mass is 10.1. The number of carbonyl (C=O) groups excluding carboxylic acids is 3. The van der Waals surface area contributed by atoms with E-state index in [9.17, 15) is 14.4 Å². The number of hydrogen-bond acceptors (Lipinski definition) is 3. The van der Waals surface area contributed by atoms with Gasteiger partial charge in [-0.05, 0) is 54.2 Å². The third-order valence-corrected chi connectivity index (χ3v) is 6.11. The minimum Gasteiger partial charge on any atom is -0.342 e. The summed E-state index contributed by atoms with van der Waals surface area (Å²) in [5.74, 6) is -0.616. The predicted molar refractivity (Wildman–Crippen MR) is 116 cm³/mol. The standard InChI is InChI=1S/C24H27N3O3/c1-16(28)26(2)14-19-6-3-4-9-22(19)25-24(30)20-13-23(29)27(15-20)21-11-10-17-7-5-8-18(17)12-21/h3-4,6,9-12,20H,5,7-8,13-15H2,1-2H3,(H,25,30). The van der Waals surface area contributed by atoms with Gasteiger partial charge < -0.3 is 15.1 Å². The van der Waals surface area contributed by atoms with Crippen molar-refractivity contribution < 1.29 is 14.4 Å². The lowest BCUT2D eigenvalue weighted by molar-refractivity contribution is -0.128. The van der Waals surface area contributed by atoms with E-state index in [0.29, 0.717) is 18.8 Å². The average molecular weight is 405 g/mol. The van der Waals surface area contributed by atoms with Crippen molar-refractivity contribution in [2.24, 2.45) is 5.92 Å². The van der Waals surface area contributed by atoms with E-state index in [4.69, 9.17) is 0 Å².